The Morgan fingerprint density at radius 3 is 2.68 bits per heavy atom. The van der Waals surface area contributed by atoms with E-state index in [0.29, 0.717) is 6.54 Å². The fourth-order valence-electron chi connectivity index (χ4n) is 1.71. The molecule has 19 heavy (non-hydrogen) atoms. The summed E-state index contributed by atoms with van der Waals surface area (Å²) in [7, 11) is 0. The van der Waals surface area contributed by atoms with Crippen LogP contribution in [0.1, 0.15) is 37.6 Å². The Morgan fingerprint density at radius 2 is 2.05 bits per heavy atom. The van der Waals surface area contributed by atoms with Gasteiger partial charge in [0.2, 0.25) is 0 Å². The van der Waals surface area contributed by atoms with Gasteiger partial charge in [0.15, 0.2) is 0 Å². The van der Waals surface area contributed by atoms with Gasteiger partial charge in [-0.1, -0.05) is 5.21 Å². The quantitative estimate of drug-likeness (QED) is 0.912. The second kappa shape index (κ2) is 5.48. The highest BCUT2D eigenvalue weighted by Crippen LogP contribution is 2.11. The smallest absolute Gasteiger partial charge is 0.0965 e. The average Bonchev–Trinajstić information content (AvgIpc) is 2.80. The van der Waals surface area contributed by atoms with Crippen LogP contribution in [0.25, 0.3) is 0 Å². The first kappa shape index (κ1) is 13.7. The minimum atomic E-state index is -0.0226. The van der Waals surface area contributed by atoms with Crippen molar-refractivity contribution in [3.8, 4) is 0 Å². The number of hydrogen-bond donors (Lipinski definition) is 1. The first-order valence-electron chi connectivity index (χ1n) is 6.49. The van der Waals surface area contributed by atoms with E-state index in [4.69, 9.17) is 0 Å². The van der Waals surface area contributed by atoms with Gasteiger partial charge in [-0.25, -0.2) is 4.68 Å². The number of aromatic nitrogens is 4. The number of pyridine rings is 1. The van der Waals surface area contributed by atoms with E-state index >= 15 is 0 Å². The minimum Gasteiger partial charge on any atom is -0.307 e. The van der Waals surface area contributed by atoms with Crippen LogP contribution in [0.15, 0.2) is 24.7 Å². The van der Waals surface area contributed by atoms with Gasteiger partial charge in [0.1, 0.15) is 0 Å². The Morgan fingerprint density at radius 1 is 1.26 bits per heavy atom. The van der Waals surface area contributed by atoms with Crippen molar-refractivity contribution in [2.24, 2.45) is 0 Å². The van der Waals surface area contributed by atoms with Gasteiger partial charge in [0.05, 0.1) is 17.4 Å². The first-order valence-corrected chi connectivity index (χ1v) is 6.49. The zero-order valence-electron chi connectivity index (χ0n) is 12.0. The molecule has 0 fully saturated rings. The molecule has 5 nitrogen and oxygen atoms in total. The predicted octanol–water partition coefficient (Wildman–Crippen LogP) is 2.03. The maximum Gasteiger partial charge on any atom is 0.0965 e. The largest absolute Gasteiger partial charge is 0.307 e. The maximum absolute atomic E-state index is 4.17. The third-order valence-electron chi connectivity index (χ3n) is 3.00. The summed E-state index contributed by atoms with van der Waals surface area (Å²) in [6.07, 6.45) is 5.70. The van der Waals surface area contributed by atoms with Gasteiger partial charge in [-0.3, -0.25) is 4.98 Å². The topological polar surface area (TPSA) is 55.6 Å². The van der Waals surface area contributed by atoms with E-state index in [-0.39, 0.29) is 5.54 Å². The Labute approximate surface area is 114 Å². The molecule has 5 heteroatoms. The van der Waals surface area contributed by atoms with Crippen LogP contribution in [0.5, 0.6) is 0 Å². The first-order chi connectivity index (χ1) is 8.97. The zero-order valence-corrected chi connectivity index (χ0v) is 12.0. The molecule has 2 rings (SSSR count). The fraction of sp³-hybridized carbons (Fsp3) is 0.500. The third kappa shape index (κ3) is 3.61. The second-order valence-electron chi connectivity index (χ2n) is 5.73. The maximum atomic E-state index is 4.17. The fourth-order valence-corrected chi connectivity index (χ4v) is 1.71. The summed E-state index contributed by atoms with van der Waals surface area (Å²) in [6.45, 7) is 9.93. The molecule has 0 spiro atoms. The van der Waals surface area contributed by atoms with E-state index in [9.17, 15) is 0 Å². The lowest BCUT2D eigenvalue weighted by Gasteiger charge is -2.17. The van der Waals surface area contributed by atoms with Gasteiger partial charge in [0, 0.05) is 25.5 Å². The van der Waals surface area contributed by atoms with Crippen LogP contribution in [-0.2, 0) is 18.6 Å². The highest BCUT2D eigenvalue weighted by Gasteiger charge is 2.14. The Kier molecular flexibility index (Phi) is 3.95. The van der Waals surface area contributed by atoms with Gasteiger partial charge >= 0.3 is 0 Å². The lowest BCUT2D eigenvalue weighted by molar-refractivity contribution is 0.347. The van der Waals surface area contributed by atoms with Crippen LogP contribution < -0.4 is 5.32 Å². The number of nitrogens with zero attached hydrogens (tertiary/aromatic N) is 4. The summed E-state index contributed by atoms with van der Waals surface area (Å²) < 4.78 is 1.89. The molecule has 0 aliphatic heterocycles. The van der Waals surface area contributed by atoms with Crippen LogP contribution in [0, 0.1) is 6.92 Å². The molecule has 0 aliphatic rings. The van der Waals surface area contributed by atoms with Gasteiger partial charge in [-0.05, 0) is 44.9 Å². The molecule has 0 atom stereocenters. The molecule has 0 aromatic carbocycles. The zero-order chi connectivity index (χ0) is 13.9. The molecule has 0 amide bonds. The third-order valence-corrected chi connectivity index (χ3v) is 3.00. The predicted molar refractivity (Wildman–Crippen MR) is 74.5 cm³/mol. The van der Waals surface area contributed by atoms with Crippen LogP contribution >= 0.6 is 0 Å². The van der Waals surface area contributed by atoms with E-state index in [1.54, 1.807) is 0 Å². The Hall–Kier alpha value is -1.75. The van der Waals surface area contributed by atoms with Gasteiger partial charge in [0.25, 0.3) is 0 Å². The van der Waals surface area contributed by atoms with Gasteiger partial charge in [-0.15, -0.1) is 5.10 Å². The molecule has 0 saturated carbocycles. The van der Waals surface area contributed by atoms with Crippen LogP contribution in [0.2, 0.25) is 0 Å². The standard InChI is InChI=1S/C14H21N5/c1-11-5-6-15-7-12(11)8-16-9-13-10-19(18-17-13)14(2,3)4/h5-7,10,16H,8-9H2,1-4H3. The van der Waals surface area contributed by atoms with Crippen molar-refractivity contribution < 1.29 is 0 Å². The summed E-state index contributed by atoms with van der Waals surface area (Å²) in [4.78, 5) is 4.14. The monoisotopic (exact) mass is 259 g/mol. The molecule has 0 bridgehead atoms. The molecule has 2 aromatic rings. The lowest BCUT2D eigenvalue weighted by Crippen LogP contribution is -2.22. The van der Waals surface area contributed by atoms with Crippen LogP contribution in [0.4, 0.5) is 0 Å². The van der Waals surface area contributed by atoms with Crippen LogP contribution in [0.3, 0.4) is 0 Å². The molecule has 2 aromatic heterocycles. The SMILES string of the molecule is Cc1ccncc1CNCc1cn(C(C)(C)C)nn1. The normalized spacial score (nSPS) is 11.8. The average molecular weight is 259 g/mol. The van der Waals surface area contributed by atoms with Crippen molar-refractivity contribution in [1.82, 2.24) is 25.3 Å². The van der Waals surface area contributed by atoms with Crippen molar-refractivity contribution in [2.75, 3.05) is 0 Å². The van der Waals surface area contributed by atoms with Crippen molar-refractivity contribution in [3.05, 3.63) is 41.5 Å². The van der Waals surface area contributed by atoms with Gasteiger partial charge < -0.3 is 5.32 Å². The highest BCUT2D eigenvalue weighted by molar-refractivity contribution is 5.21. The van der Waals surface area contributed by atoms with Gasteiger partial charge in [-0.2, -0.15) is 0 Å². The summed E-state index contributed by atoms with van der Waals surface area (Å²) in [6, 6.07) is 2.02. The summed E-state index contributed by atoms with van der Waals surface area (Å²) in [5, 5.41) is 11.7. The molecule has 0 aliphatic carbocycles. The van der Waals surface area contributed by atoms with Crippen molar-refractivity contribution >= 4 is 0 Å². The van der Waals surface area contributed by atoms with Crippen molar-refractivity contribution in [2.45, 2.75) is 46.3 Å². The minimum absolute atomic E-state index is 0.0226. The van der Waals surface area contributed by atoms with Crippen molar-refractivity contribution in [3.63, 3.8) is 0 Å². The molecule has 1 N–H and O–H groups in total. The van der Waals surface area contributed by atoms with Crippen molar-refractivity contribution in [1.29, 1.82) is 0 Å². The van der Waals surface area contributed by atoms with E-state index in [1.807, 2.05) is 29.3 Å². The lowest BCUT2D eigenvalue weighted by atomic mass is 10.1. The Balaban J connectivity index is 1.90. The molecule has 0 unspecified atom stereocenters. The molecule has 0 saturated heterocycles. The molecular weight excluding hydrogens is 238 g/mol. The number of rotatable bonds is 4. The molecule has 0 radical (unpaired) electrons. The number of hydrogen-bond acceptors (Lipinski definition) is 4. The van der Waals surface area contributed by atoms with E-state index < -0.39 is 0 Å². The van der Waals surface area contributed by atoms with E-state index in [1.165, 1.54) is 11.1 Å². The summed E-state index contributed by atoms with van der Waals surface area (Å²) in [5.74, 6) is 0. The van der Waals surface area contributed by atoms with E-state index in [0.717, 1.165) is 12.2 Å². The van der Waals surface area contributed by atoms with Crippen LogP contribution in [-0.4, -0.2) is 20.0 Å². The molecule has 2 heterocycles. The second-order valence-corrected chi connectivity index (χ2v) is 5.73. The summed E-state index contributed by atoms with van der Waals surface area (Å²) in [5.41, 5.74) is 3.40. The van der Waals surface area contributed by atoms with E-state index in [2.05, 4.69) is 48.3 Å². The number of nitrogens with one attached hydrogen (secondary N) is 1. The molecule has 102 valence electrons. The summed E-state index contributed by atoms with van der Waals surface area (Å²) >= 11 is 0. The molecular formula is C14H21N5. The number of aryl methyl sites for hydroxylation is 1. The highest BCUT2D eigenvalue weighted by atomic mass is 15.4. The Bertz CT molecular complexity index is 539.